The van der Waals surface area contributed by atoms with E-state index < -0.39 is 45.7 Å². The van der Waals surface area contributed by atoms with Crippen LogP contribution >= 0.6 is 11.6 Å². The topological polar surface area (TPSA) is 92.8 Å². The fourth-order valence-electron chi connectivity index (χ4n) is 2.51. The predicted molar refractivity (Wildman–Crippen MR) is 107 cm³/mol. The Bertz CT molecular complexity index is 1040. The zero-order valence-corrected chi connectivity index (χ0v) is 17.7. The van der Waals surface area contributed by atoms with Gasteiger partial charge in [-0.2, -0.15) is 4.31 Å². The number of nitrogens with zero attached hydrogens (tertiary/aromatic N) is 1. The lowest BCUT2D eigenvalue weighted by Crippen LogP contribution is -2.30. The molecule has 11 heteroatoms. The van der Waals surface area contributed by atoms with Crippen LogP contribution in [0.25, 0.3) is 0 Å². The van der Waals surface area contributed by atoms with Gasteiger partial charge < -0.3 is 10.1 Å². The molecule has 30 heavy (non-hydrogen) atoms. The van der Waals surface area contributed by atoms with Gasteiger partial charge in [-0.3, -0.25) is 4.79 Å². The molecule has 162 valence electrons. The Labute approximate surface area is 177 Å². The van der Waals surface area contributed by atoms with Crippen molar-refractivity contribution in [3.05, 3.63) is 58.6 Å². The largest absolute Gasteiger partial charge is 0.452 e. The molecule has 0 atom stereocenters. The van der Waals surface area contributed by atoms with E-state index in [1.54, 1.807) is 13.8 Å². The second-order valence-electron chi connectivity index (χ2n) is 5.98. The number of esters is 1. The molecule has 0 aliphatic heterocycles. The van der Waals surface area contributed by atoms with Crippen LogP contribution in [0.3, 0.4) is 0 Å². The van der Waals surface area contributed by atoms with Crippen LogP contribution < -0.4 is 5.32 Å². The van der Waals surface area contributed by atoms with Crippen LogP contribution in [0, 0.1) is 11.6 Å². The van der Waals surface area contributed by atoms with Gasteiger partial charge in [0.1, 0.15) is 0 Å². The molecule has 0 unspecified atom stereocenters. The first-order valence-corrected chi connectivity index (χ1v) is 10.6. The number of sulfonamides is 1. The summed E-state index contributed by atoms with van der Waals surface area (Å²) < 4.78 is 57.2. The summed E-state index contributed by atoms with van der Waals surface area (Å²) in [6.45, 7) is 3.39. The third-order valence-electron chi connectivity index (χ3n) is 4.05. The molecular formula is C19H19ClF2N2O5S. The van der Waals surface area contributed by atoms with E-state index in [-0.39, 0.29) is 15.6 Å². The Morgan fingerprint density at radius 1 is 1.07 bits per heavy atom. The average Bonchev–Trinajstić information content (AvgIpc) is 2.70. The molecule has 0 saturated heterocycles. The first-order valence-electron chi connectivity index (χ1n) is 8.81. The molecule has 0 aliphatic carbocycles. The molecule has 1 amide bonds. The van der Waals surface area contributed by atoms with Gasteiger partial charge in [0.2, 0.25) is 10.0 Å². The zero-order valence-electron chi connectivity index (χ0n) is 16.1. The second kappa shape index (κ2) is 9.96. The van der Waals surface area contributed by atoms with E-state index in [2.05, 4.69) is 5.32 Å². The lowest BCUT2D eigenvalue weighted by Gasteiger charge is -2.18. The van der Waals surface area contributed by atoms with Gasteiger partial charge in [-0.05, 0) is 36.4 Å². The van der Waals surface area contributed by atoms with Crippen molar-refractivity contribution in [2.24, 2.45) is 0 Å². The van der Waals surface area contributed by atoms with E-state index in [1.165, 1.54) is 28.6 Å². The third kappa shape index (κ3) is 5.53. The van der Waals surface area contributed by atoms with Gasteiger partial charge in [0.05, 0.1) is 15.5 Å². The predicted octanol–water partition coefficient (Wildman–Crippen LogP) is 3.44. The molecule has 2 aromatic rings. The molecule has 0 aromatic heterocycles. The number of hydrogen-bond donors (Lipinski definition) is 1. The highest BCUT2D eigenvalue weighted by molar-refractivity contribution is 7.89. The highest BCUT2D eigenvalue weighted by Gasteiger charge is 2.21. The molecule has 0 saturated carbocycles. The molecule has 0 fully saturated rings. The van der Waals surface area contributed by atoms with Crippen molar-refractivity contribution in [3.63, 3.8) is 0 Å². The smallest absolute Gasteiger partial charge is 0.340 e. The monoisotopic (exact) mass is 460 g/mol. The maximum atomic E-state index is 13.3. The van der Waals surface area contributed by atoms with E-state index in [9.17, 15) is 26.8 Å². The van der Waals surface area contributed by atoms with Gasteiger partial charge >= 0.3 is 5.97 Å². The minimum Gasteiger partial charge on any atom is -0.452 e. The SMILES string of the molecule is CCN(CC)S(=O)(=O)c1ccc(NC(=O)COC(=O)c2cc(F)c(F)cc2Cl)cc1. The van der Waals surface area contributed by atoms with Crippen LogP contribution in [0.1, 0.15) is 24.2 Å². The quantitative estimate of drug-likeness (QED) is 0.481. The highest BCUT2D eigenvalue weighted by Crippen LogP contribution is 2.21. The number of nitrogens with one attached hydrogen (secondary N) is 1. The Balaban J connectivity index is 1.99. The van der Waals surface area contributed by atoms with Crippen LogP contribution in [0.4, 0.5) is 14.5 Å². The number of rotatable bonds is 8. The lowest BCUT2D eigenvalue weighted by molar-refractivity contribution is -0.119. The van der Waals surface area contributed by atoms with Crippen molar-refractivity contribution in [2.75, 3.05) is 25.0 Å². The van der Waals surface area contributed by atoms with Crippen LogP contribution in [0.5, 0.6) is 0 Å². The number of carbonyl (C=O) groups excluding carboxylic acids is 2. The fourth-order valence-corrected chi connectivity index (χ4v) is 4.19. The number of hydrogen-bond acceptors (Lipinski definition) is 5. The summed E-state index contributed by atoms with van der Waals surface area (Å²) in [7, 11) is -3.63. The second-order valence-corrected chi connectivity index (χ2v) is 8.33. The van der Waals surface area contributed by atoms with Crippen LogP contribution in [0.2, 0.25) is 5.02 Å². The molecule has 0 radical (unpaired) electrons. The average molecular weight is 461 g/mol. The van der Waals surface area contributed by atoms with Crippen molar-refractivity contribution in [2.45, 2.75) is 18.7 Å². The molecule has 0 spiro atoms. The summed E-state index contributed by atoms with van der Waals surface area (Å²) >= 11 is 5.68. The van der Waals surface area contributed by atoms with E-state index in [0.717, 1.165) is 0 Å². The number of carbonyl (C=O) groups is 2. The van der Waals surface area contributed by atoms with Crippen molar-refractivity contribution in [1.29, 1.82) is 0 Å². The molecule has 0 bridgehead atoms. The van der Waals surface area contributed by atoms with Gasteiger partial charge in [-0.1, -0.05) is 25.4 Å². The van der Waals surface area contributed by atoms with Crippen molar-refractivity contribution < 1.29 is 31.5 Å². The molecular weight excluding hydrogens is 442 g/mol. The fraction of sp³-hybridized carbons (Fsp3) is 0.263. The number of ether oxygens (including phenoxy) is 1. The lowest BCUT2D eigenvalue weighted by atomic mass is 10.2. The Morgan fingerprint density at radius 2 is 1.63 bits per heavy atom. The minimum atomic E-state index is -3.63. The molecule has 7 nitrogen and oxygen atoms in total. The first kappa shape index (κ1) is 23.7. The van der Waals surface area contributed by atoms with Crippen LogP contribution in [-0.4, -0.2) is 44.3 Å². The standard InChI is InChI=1S/C19H19ClF2N2O5S/c1-3-24(4-2)30(27,28)13-7-5-12(6-8-13)23-18(25)11-29-19(26)14-9-16(21)17(22)10-15(14)20/h5-10H,3-4,11H2,1-2H3,(H,23,25). The number of benzene rings is 2. The number of amides is 1. The van der Waals surface area contributed by atoms with Gasteiger partial charge in [0.15, 0.2) is 18.2 Å². The summed E-state index contributed by atoms with van der Waals surface area (Å²) in [5.41, 5.74) is -0.144. The molecule has 2 rings (SSSR count). The molecule has 2 aromatic carbocycles. The van der Waals surface area contributed by atoms with Crippen molar-refractivity contribution in [3.8, 4) is 0 Å². The summed E-state index contributed by atoms with van der Waals surface area (Å²) in [5.74, 6) is -4.33. The summed E-state index contributed by atoms with van der Waals surface area (Å²) in [4.78, 5) is 23.9. The van der Waals surface area contributed by atoms with Crippen LogP contribution in [-0.2, 0) is 19.6 Å². The van der Waals surface area contributed by atoms with Gasteiger partial charge in [0, 0.05) is 18.8 Å². The normalized spacial score (nSPS) is 11.4. The van der Waals surface area contributed by atoms with Crippen molar-refractivity contribution in [1.82, 2.24) is 4.31 Å². The Hall–Kier alpha value is -2.56. The molecule has 1 N–H and O–H groups in total. The summed E-state index contributed by atoms with van der Waals surface area (Å²) in [6, 6.07) is 6.67. The Kier molecular flexibility index (Phi) is 7.88. The number of halogens is 3. The van der Waals surface area contributed by atoms with E-state index >= 15 is 0 Å². The van der Waals surface area contributed by atoms with Crippen LogP contribution in [0.15, 0.2) is 41.3 Å². The maximum absolute atomic E-state index is 13.3. The van der Waals surface area contributed by atoms with Gasteiger partial charge in [0.25, 0.3) is 5.91 Å². The first-order chi connectivity index (χ1) is 14.1. The van der Waals surface area contributed by atoms with E-state index in [1.807, 2.05) is 0 Å². The van der Waals surface area contributed by atoms with E-state index in [0.29, 0.717) is 25.2 Å². The molecule has 0 heterocycles. The third-order valence-corrected chi connectivity index (χ3v) is 6.42. The summed E-state index contributed by atoms with van der Waals surface area (Å²) in [5, 5.41) is 2.07. The number of anilines is 1. The Morgan fingerprint density at radius 3 is 2.20 bits per heavy atom. The van der Waals surface area contributed by atoms with Gasteiger partial charge in [-0.25, -0.2) is 22.0 Å². The maximum Gasteiger partial charge on any atom is 0.340 e. The highest BCUT2D eigenvalue weighted by atomic mass is 35.5. The zero-order chi connectivity index (χ0) is 22.5. The summed E-state index contributed by atoms with van der Waals surface area (Å²) in [6.07, 6.45) is 0. The van der Waals surface area contributed by atoms with Gasteiger partial charge in [-0.15, -0.1) is 0 Å². The molecule has 0 aliphatic rings. The van der Waals surface area contributed by atoms with Crippen molar-refractivity contribution >= 4 is 39.2 Å². The van der Waals surface area contributed by atoms with E-state index in [4.69, 9.17) is 16.3 Å². The minimum absolute atomic E-state index is 0.0728.